The van der Waals surface area contributed by atoms with Crippen LogP contribution in [0, 0.1) is 11.3 Å². The second kappa shape index (κ2) is 11.3. The molecule has 4 rings (SSSR count). The Hall–Kier alpha value is -3.53. The summed E-state index contributed by atoms with van der Waals surface area (Å²) in [6.45, 7) is 11.6. The molecule has 2 N–H and O–H groups in total. The normalized spacial score (nSPS) is 25.8. The van der Waals surface area contributed by atoms with E-state index >= 15 is 0 Å². The van der Waals surface area contributed by atoms with Crippen molar-refractivity contribution in [2.75, 3.05) is 6.61 Å². The number of hydrogen-bond donors (Lipinski definition) is 2. The molecule has 0 bridgehead atoms. The van der Waals surface area contributed by atoms with Gasteiger partial charge in [-0.1, -0.05) is 52.0 Å². The number of nitrogens with zero attached hydrogens (tertiary/aromatic N) is 2. The van der Waals surface area contributed by atoms with E-state index in [1.807, 2.05) is 65.0 Å². The van der Waals surface area contributed by atoms with E-state index in [-0.39, 0.29) is 35.9 Å². The number of likely N-dealkylation sites (tertiary alicyclic amines) is 1. The van der Waals surface area contributed by atoms with Gasteiger partial charge in [0.05, 0.1) is 6.42 Å². The number of carbonyl (C=O) groups excluding carboxylic acids is 4. The van der Waals surface area contributed by atoms with Crippen LogP contribution in [-0.2, 0) is 23.9 Å². The third kappa shape index (κ3) is 5.90. The molecular formula is C29H38N4O6. The zero-order valence-corrected chi connectivity index (χ0v) is 23.4. The number of rotatable bonds is 7. The Balaban J connectivity index is 1.58. The highest BCUT2D eigenvalue weighted by atomic mass is 16.7. The van der Waals surface area contributed by atoms with E-state index in [0.717, 1.165) is 5.39 Å². The molecule has 0 radical (unpaired) electrons. The fourth-order valence-electron chi connectivity index (χ4n) is 5.60. The van der Waals surface area contributed by atoms with Crippen molar-refractivity contribution in [3.8, 4) is 0 Å². The molecule has 39 heavy (non-hydrogen) atoms. The van der Waals surface area contributed by atoms with Crippen molar-refractivity contribution in [1.82, 2.24) is 20.5 Å². The molecule has 0 saturated carbocycles. The first-order chi connectivity index (χ1) is 18.4. The predicted octanol–water partition coefficient (Wildman–Crippen LogP) is 2.80. The van der Waals surface area contributed by atoms with Crippen LogP contribution in [-0.4, -0.2) is 70.6 Å². The fraction of sp³-hybridized carbons (Fsp3) is 0.552. The zero-order chi connectivity index (χ0) is 28.5. The average Bonchev–Trinajstić information content (AvgIpc) is 3.37. The van der Waals surface area contributed by atoms with Gasteiger partial charge in [0, 0.05) is 24.2 Å². The van der Waals surface area contributed by atoms with Gasteiger partial charge >= 0.3 is 5.97 Å². The minimum atomic E-state index is -0.915. The number of carbonyl (C=O) groups is 4. The van der Waals surface area contributed by atoms with E-state index in [1.165, 1.54) is 0 Å². The van der Waals surface area contributed by atoms with Crippen LogP contribution in [0.5, 0.6) is 0 Å². The smallest absolute Gasteiger partial charge is 0.310 e. The van der Waals surface area contributed by atoms with Crippen LogP contribution in [0.1, 0.15) is 64.9 Å². The Kier molecular flexibility index (Phi) is 8.25. The molecule has 1 aromatic carbocycles. The van der Waals surface area contributed by atoms with E-state index in [1.54, 1.807) is 18.0 Å². The topological polar surface area (TPSA) is 127 Å². The molecule has 0 aliphatic carbocycles. The monoisotopic (exact) mass is 538 g/mol. The van der Waals surface area contributed by atoms with Crippen molar-refractivity contribution in [3.63, 3.8) is 0 Å². The molecule has 3 heterocycles. The Morgan fingerprint density at radius 1 is 1.18 bits per heavy atom. The van der Waals surface area contributed by atoms with Crippen LogP contribution in [0.25, 0.3) is 10.8 Å². The third-order valence-electron chi connectivity index (χ3n) is 7.45. The first-order valence-electron chi connectivity index (χ1n) is 13.5. The van der Waals surface area contributed by atoms with Crippen molar-refractivity contribution in [1.29, 1.82) is 0 Å². The summed E-state index contributed by atoms with van der Waals surface area (Å²) < 4.78 is 10.7. The lowest BCUT2D eigenvalue weighted by Gasteiger charge is -2.38. The Bertz CT molecular complexity index is 1250. The average molecular weight is 539 g/mol. The lowest BCUT2D eigenvalue weighted by atomic mass is 9.85. The summed E-state index contributed by atoms with van der Waals surface area (Å²) in [6.07, 6.45) is 1.33. The molecule has 210 valence electrons. The van der Waals surface area contributed by atoms with Gasteiger partial charge in [-0.3, -0.25) is 24.2 Å². The molecule has 2 saturated heterocycles. The molecule has 2 aliphatic heterocycles. The minimum absolute atomic E-state index is 0.000285. The maximum atomic E-state index is 14.2. The maximum Gasteiger partial charge on any atom is 0.310 e. The van der Waals surface area contributed by atoms with Crippen molar-refractivity contribution in [3.05, 3.63) is 42.2 Å². The minimum Gasteiger partial charge on any atom is -0.433 e. The number of fused-ring (bicyclic) bond motifs is 1. The first-order valence-corrected chi connectivity index (χ1v) is 13.5. The lowest BCUT2D eigenvalue weighted by molar-refractivity contribution is -0.164. The number of amides is 3. The van der Waals surface area contributed by atoms with E-state index in [2.05, 4.69) is 15.6 Å². The highest BCUT2D eigenvalue weighted by Crippen LogP contribution is 2.33. The van der Waals surface area contributed by atoms with Gasteiger partial charge in [0.1, 0.15) is 23.8 Å². The second-order valence-corrected chi connectivity index (χ2v) is 11.5. The van der Waals surface area contributed by atoms with Crippen LogP contribution in [0.3, 0.4) is 0 Å². The van der Waals surface area contributed by atoms with Crippen molar-refractivity contribution in [2.45, 2.75) is 84.8 Å². The van der Waals surface area contributed by atoms with E-state index in [9.17, 15) is 19.2 Å². The number of aromatic nitrogens is 1. The molecular weight excluding hydrogens is 500 g/mol. The Morgan fingerprint density at radius 2 is 1.90 bits per heavy atom. The number of pyridine rings is 1. The quantitative estimate of drug-likeness (QED) is 0.519. The summed E-state index contributed by atoms with van der Waals surface area (Å²) in [5.74, 6) is -1.75. The van der Waals surface area contributed by atoms with Gasteiger partial charge in [-0.2, -0.15) is 0 Å². The van der Waals surface area contributed by atoms with Crippen LogP contribution in [0.15, 0.2) is 36.5 Å². The first kappa shape index (κ1) is 28.5. The summed E-state index contributed by atoms with van der Waals surface area (Å²) in [5, 5.41) is 7.38. The van der Waals surface area contributed by atoms with Gasteiger partial charge in [0.25, 0.3) is 5.91 Å². The summed E-state index contributed by atoms with van der Waals surface area (Å²) >= 11 is 0. The molecule has 3 amide bonds. The SMILES string of the molecule is CCOC1OC(=O)CC1NC(=O)C1C(C)CC(C)N1C(=O)C(NC(=O)c1nccc2ccccc12)C(C)(C)C. The molecule has 2 aromatic rings. The van der Waals surface area contributed by atoms with Crippen molar-refractivity contribution < 1.29 is 28.7 Å². The van der Waals surface area contributed by atoms with Gasteiger partial charge in [0.2, 0.25) is 18.1 Å². The highest BCUT2D eigenvalue weighted by molar-refractivity contribution is 6.06. The van der Waals surface area contributed by atoms with Crippen molar-refractivity contribution in [2.24, 2.45) is 11.3 Å². The van der Waals surface area contributed by atoms with Gasteiger partial charge < -0.3 is 25.0 Å². The van der Waals surface area contributed by atoms with Crippen LogP contribution < -0.4 is 10.6 Å². The number of esters is 1. The summed E-state index contributed by atoms with van der Waals surface area (Å²) in [4.78, 5) is 58.9. The highest BCUT2D eigenvalue weighted by Gasteiger charge is 2.49. The number of benzene rings is 1. The van der Waals surface area contributed by atoms with Crippen LogP contribution in [0.4, 0.5) is 0 Å². The van der Waals surface area contributed by atoms with E-state index in [4.69, 9.17) is 9.47 Å². The van der Waals surface area contributed by atoms with E-state index in [0.29, 0.717) is 18.4 Å². The van der Waals surface area contributed by atoms with Crippen LogP contribution in [0.2, 0.25) is 0 Å². The third-order valence-corrected chi connectivity index (χ3v) is 7.45. The zero-order valence-electron chi connectivity index (χ0n) is 23.4. The molecule has 10 heteroatoms. The maximum absolute atomic E-state index is 14.2. The fourth-order valence-corrected chi connectivity index (χ4v) is 5.60. The van der Waals surface area contributed by atoms with Gasteiger partial charge in [-0.25, -0.2) is 0 Å². The predicted molar refractivity (Wildman–Crippen MR) is 144 cm³/mol. The van der Waals surface area contributed by atoms with Gasteiger partial charge in [-0.15, -0.1) is 0 Å². The molecule has 0 spiro atoms. The lowest BCUT2D eigenvalue weighted by Crippen LogP contribution is -2.60. The number of ether oxygens (including phenoxy) is 2. The Morgan fingerprint density at radius 3 is 2.59 bits per heavy atom. The number of cyclic esters (lactones) is 1. The van der Waals surface area contributed by atoms with Crippen molar-refractivity contribution >= 4 is 34.5 Å². The molecule has 1 aromatic heterocycles. The summed E-state index contributed by atoms with van der Waals surface area (Å²) in [5.41, 5.74) is -0.421. The molecule has 6 atom stereocenters. The molecule has 6 unspecified atom stereocenters. The van der Waals surface area contributed by atoms with E-state index < -0.39 is 41.7 Å². The second-order valence-electron chi connectivity index (χ2n) is 11.5. The Labute approximate surface area is 228 Å². The van der Waals surface area contributed by atoms with Gasteiger partial charge in [0.15, 0.2) is 0 Å². The largest absolute Gasteiger partial charge is 0.433 e. The number of nitrogens with one attached hydrogen (secondary N) is 2. The number of hydrogen-bond acceptors (Lipinski definition) is 7. The summed E-state index contributed by atoms with van der Waals surface area (Å²) in [6, 6.07) is 6.71. The molecule has 2 fully saturated rings. The van der Waals surface area contributed by atoms with Gasteiger partial charge in [-0.05, 0) is 43.1 Å². The van der Waals surface area contributed by atoms with Crippen LogP contribution >= 0.6 is 0 Å². The molecule has 10 nitrogen and oxygen atoms in total. The standard InChI is InChI=1S/C29H38N4O6/c1-7-38-28-20(15-21(34)39-28)31-26(36)23-16(2)14-17(3)33(23)27(37)24(29(4,5)6)32-25(35)22-19-11-9-8-10-18(19)12-13-30-22/h8-13,16-17,20,23-24,28H,7,14-15H2,1-6H3,(H,31,36)(H,32,35). The molecule has 2 aliphatic rings. The summed E-state index contributed by atoms with van der Waals surface area (Å²) in [7, 11) is 0.